The Hall–Kier alpha value is -2.73. The fourth-order valence-electron chi connectivity index (χ4n) is 3.76. The first-order valence-electron chi connectivity index (χ1n) is 7.75. The number of ether oxygens (including phenoxy) is 1. The van der Waals surface area contributed by atoms with E-state index in [4.69, 9.17) is 17.0 Å². The zero-order valence-electron chi connectivity index (χ0n) is 13.4. The topological polar surface area (TPSA) is 39.6 Å². The molecule has 2 unspecified atom stereocenters. The molecule has 2 atom stereocenters. The van der Waals surface area contributed by atoms with Crippen molar-refractivity contribution in [1.29, 1.82) is 0 Å². The number of nitrogens with two attached hydrogens (primary N) is 1. The van der Waals surface area contributed by atoms with Crippen LogP contribution in [0.15, 0.2) is 30.3 Å². The average molecular weight is 384 g/mol. The average Bonchev–Trinajstić information content (AvgIpc) is 2.92. The highest BCUT2D eigenvalue weighted by Gasteiger charge is 2.78. The Morgan fingerprint density at radius 1 is 1.15 bits per heavy atom. The predicted octanol–water partition coefficient (Wildman–Crippen LogP) is 5.48. The molecule has 0 radical (unpaired) electrons. The Morgan fingerprint density at radius 3 is 2.52 bits per heavy atom. The van der Waals surface area contributed by atoms with Crippen LogP contribution in [0.1, 0.15) is 29.3 Å². The van der Waals surface area contributed by atoms with Gasteiger partial charge < -0.3 is 10.5 Å². The van der Waals surface area contributed by atoms with Gasteiger partial charge in [-0.25, -0.2) is 13.6 Å². The van der Waals surface area contributed by atoms with Crippen molar-refractivity contribution in [3.63, 3.8) is 0 Å². The number of hydrogen-bond donors (Lipinski definition) is 1. The normalized spacial score (nSPS) is 26.5. The van der Waals surface area contributed by atoms with Crippen LogP contribution >= 0.6 is 0 Å². The molecule has 0 bridgehead atoms. The van der Waals surface area contributed by atoms with Crippen LogP contribution in [0, 0.1) is 12.4 Å². The Morgan fingerprint density at radius 2 is 1.85 bits per heavy atom. The highest BCUT2D eigenvalue weighted by Crippen LogP contribution is 2.67. The van der Waals surface area contributed by atoms with Crippen LogP contribution in [0.3, 0.4) is 0 Å². The van der Waals surface area contributed by atoms with E-state index >= 15 is 0 Å². The first-order chi connectivity index (χ1) is 12.5. The van der Waals surface area contributed by atoms with Crippen LogP contribution in [0.5, 0.6) is 11.5 Å². The summed E-state index contributed by atoms with van der Waals surface area (Å²) in [7, 11) is 0. The van der Waals surface area contributed by atoms with E-state index in [1.807, 2.05) is 0 Å². The Kier molecular flexibility index (Phi) is 3.38. The lowest BCUT2D eigenvalue weighted by Crippen LogP contribution is -2.53. The molecular weight excluding hydrogens is 374 g/mol. The van der Waals surface area contributed by atoms with Crippen LogP contribution in [0.2, 0.25) is 0 Å². The van der Waals surface area contributed by atoms with Crippen molar-refractivity contribution in [2.24, 2.45) is 5.73 Å². The minimum atomic E-state index is -4.67. The van der Waals surface area contributed by atoms with Gasteiger partial charge in [0, 0.05) is 23.6 Å². The number of alkyl halides is 5. The second-order valence-corrected chi connectivity index (χ2v) is 6.55. The third-order valence-corrected chi connectivity index (χ3v) is 4.97. The zero-order valence-corrected chi connectivity index (χ0v) is 13.4. The molecule has 2 aliphatic rings. The summed E-state index contributed by atoms with van der Waals surface area (Å²) in [6.07, 6.45) is -3.09. The fraction of sp³-hybridized carbons (Fsp3) is 0.278. The third kappa shape index (κ3) is 2.07. The lowest BCUT2D eigenvalue weighted by molar-refractivity contribution is -0.239. The van der Waals surface area contributed by atoms with Crippen LogP contribution in [-0.2, 0) is 11.5 Å². The van der Waals surface area contributed by atoms with E-state index in [2.05, 4.69) is 4.85 Å². The molecule has 3 nitrogen and oxygen atoms in total. The molecule has 0 amide bonds. The van der Waals surface area contributed by atoms with Crippen molar-refractivity contribution >= 4 is 5.69 Å². The fourth-order valence-corrected chi connectivity index (χ4v) is 3.76. The van der Waals surface area contributed by atoms with E-state index in [0.717, 1.165) is 24.3 Å². The van der Waals surface area contributed by atoms with Gasteiger partial charge in [0.1, 0.15) is 29.0 Å². The number of benzene rings is 2. The van der Waals surface area contributed by atoms with Crippen LogP contribution in [-0.4, -0.2) is 5.92 Å². The van der Waals surface area contributed by atoms with E-state index in [-0.39, 0.29) is 17.2 Å². The molecule has 2 aromatic carbocycles. The molecule has 2 N–H and O–H groups in total. The van der Waals surface area contributed by atoms with E-state index in [1.165, 1.54) is 0 Å². The van der Waals surface area contributed by atoms with Gasteiger partial charge >= 0.3 is 11.8 Å². The molecule has 0 aromatic heterocycles. The standard InChI is InChI=1S/C18H10F6N2O/c1-26-9-4-8(19)5-10(6-9)27-13-3-2-11-15-14(13)12(20)7-16(15,25)18(23,24)17(11,21)22/h2-6,12H,7,25H2. The molecule has 0 fully saturated rings. The lowest BCUT2D eigenvalue weighted by Gasteiger charge is -2.31. The highest BCUT2D eigenvalue weighted by atomic mass is 19.3. The van der Waals surface area contributed by atoms with Crippen molar-refractivity contribution in [2.75, 3.05) is 0 Å². The van der Waals surface area contributed by atoms with Gasteiger partial charge in [0.15, 0.2) is 5.69 Å². The third-order valence-electron chi connectivity index (χ3n) is 4.97. The molecule has 27 heavy (non-hydrogen) atoms. The SMILES string of the molecule is [C-]#[N+]c1cc(F)cc(Oc2ccc3c4c2C(F)CC4(N)C(F)(F)C3(F)F)c1. The second-order valence-electron chi connectivity index (χ2n) is 6.55. The summed E-state index contributed by atoms with van der Waals surface area (Å²) in [6.45, 7) is 6.91. The Labute approximate surface area is 149 Å². The van der Waals surface area contributed by atoms with E-state index in [9.17, 15) is 26.3 Å². The summed E-state index contributed by atoms with van der Waals surface area (Å²) in [6, 6.07) is 4.62. The summed E-state index contributed by atoms with van der Waals surface area (Å²) >= 11 is 0. The summed E-state index contributed by atoms with van der Waals surface area (Å²) in [5.41, 5.74) is 0.376. The Balaban J connectivity index is 1.89. The molecule has 0 saturated carbocycles. The first-order valence-corrected chi connectivity index (χ1v) is 7.75. The van der Waals surface area contributed by atoms with Gasteiger partial charge in [-0.3, -0.25) is 0 Å². The van der Waals surface area contributed by atoms with Crippen molar-refractivity contribution in [2.45, 2.75) is 30.0 Å². The zero-order chi connectivity index (χ0) is 19.8. The molecule has 0 spiro atoms. The van der Waals surface area contributed by atoms with Crippen molar-refractivity contribution in [3.8, 4) is 11.5 Å². The molecule has 2 aliphatic carbocycles. The lowest BCUT2D eigenvalue weighted by atomic mass is 9.91. The van der Waals surface area contributed by atoms with Crippen LogP contribution in [0.4, 0.5) is 32.0 Å². The largest absolute Gasteiger partial charge is 0.458 e. The summed E-state index contributed by atoms with van der Waals surface area (Å²) < 4.78 is 90.5. The maximum Gasteiger partial charge on any atom is 0.337 e. The van der Waals surface area contributed by atoms with Crippen LogP contribution < -0.4 is 10.5 Å². The maximum atomic E-state index is 14.5. The van der Waals surface area contributed by atoms with Gasteiger partial charge in [0.05, 0.1) is 6.57 Å². The smallest absolute Gasteiger partial charge is 0.337 e. The number of nitrogens with zero attached hydrogens (tertiary/aromatic N) is 1. The van der Waals surface area contributed by atoms with Gasteiger partial charge in [-0.05, 0) is 29.8 Å². The number of rotatable bonds is 2. The Bertz CT molecular complexity index is 1020. The van der Waals surface area contributed by atoms with Gasteiger partial charge in [0.2, 0.25) is 0 Å². The van der Waals surface area contributed by atoms with E-state index in [0.29, 0.717) is 6.07 Å². The quantitative estimate of drug-likeness (QED) is 0.550. The molecular formula is C18H10F6N2O. The molecule has 0 aliphatic heterocycles. The summed E-state index contributed by atoms with van der Waals surface area (Å²) in [5, 5.41) is 0. The molecule has 2 aromatic rings. The van der Waals surface area contributed by atoms with Gasteiger partial charge in [-0.2, -0.15) is 17.6 Å². The molecule has 0 heterocycles. The van der Waals surface area contributed by atoms with Gasteiger partial charge in [-0.1, -0.05) is 0 Å². The molecule has 140 valence electrons. The van der Waals surface area contributed by atoms with E-state index < -0.39 is 52.5 Å². The predicted molar refractivity (Wildman–Crippen MR) is 82.4 cm³/mol. The number of halogens is 6. The van der Waals surface area contributed by atoms with Gasteiger partial charge in [0.25, 0.3) is 0 Å². The van der Waals surface area contributed by atoms with Crippen molar-refractivity contribution in [3.05, 3.63) is 64.3 Å². The molecule has 4 rings (SSSR count). The molecule has 9 heteroatoms. The van der Waals surface area contributed by atoms with E-state index in [1.54, 1.807) is 0 Å². The van der Waals surface area contributed by atoms with Gasteiger partial charge in [-0.15, -0.1) is 0 Å². The summed E-state index contributed by atoms with van der Waals surface area (Å²) in [4.78, 5) is 3.04. The second kappa shape index (κ2) is 5.16. The minimum Gasteiger partial charge on any atom is -0.458 e. The van der Waals surface area contributed by atoms with Crippen molar-refractivity contribution in [1.82, 2.24) is 0 Å². The maximum absolute atomic E-state index is 14.5. The monoisotopic (exact) mass is 384 g/mol. The van der Waals surface area contributed by atoms with Crippen molar-refractivity contribution < 1.29 is 31.1 Å². The van der Waals surface area contributed by atoms with Crippen LogP contribution in [0.25, 0.3) is 4.85 Å². The highest BCUT2D eigenvalue weighted by molar-refractivity contribution is 5.61. The number of hydrogen-bond acceptors (Lipinski definition) is 2. The first kappa shape index (κ1) is 17.7. The molecule has 0 saturated heterocycles. The summed E-state index contributed by atoms with van der Waals surface area (Å²) in [5.74, 6) is -10.6. The minimum absolute atomic E-state index is 0.106.